The van der Waals surface area contributed by atoms with E-state index in [4.69, 9.17) is 4.74 Å². The molecule has 1 fully saturated rings. The van der Waals surface area contributed by atoms with E-state index in [9.17, 15) is 15.0 Å². The van der Waals surface area contributed by atoms with Gasteiger partial charge < -0.3 is 25.6 Å². The van der Waals surface area contributed by atoms with E-state index in [-0.39, 0.29) is 6.04 Å². The Labute approximate surface area is 179 Å². The van der Waals surface area contributed by atoms with Crippen molar-refractivity contribution in [1.29, 1.82) is 0 Å². The number of benzene rings is 1. The Bertz CT molecular complexity index is 1040. The van der Waals surface area contributed by atoms with Crippen molar-refractivity contribution in [1.82, 2.24) is 24.8 Å². The molecule has 1 amide bonds. The summed E-state index contributed by atoms with van der Waals surface area (Å²) in [4.78, 5) is 25.1. The summed E-state index contributed by atoms with van der Waals surface area (Å²) in [5.41, 5.74) is 2.14. The van der Waals surface area contributed by atoms with Gasteiger partial charge in [-0.2, -0.15) is 0 Å². The van der Waals surface area contributed by atoms with Crippen molar-refractivity contribution in [2.24, 2.45) is 0 Å². The lowest BCUT2D eigenvalue weighted by molar-refractivity contribution is -0.137. The van der Waals surface area contributed by atoms with E-state index < -0.39 is 30.4 Å². The topological polar surface area (TPSA) is 134 Å². The fourth-order valence-electron chi connectivity index (χ4n) is 3.78. The molecule has 1 aliphatic rings. The van der Waals surface area contributed by atoms with Gasteiger partial charge in [0.2, 0.25) is 0 Å². The van der Waals surface area contributed by atoms with Crippen LogP contribution >= 0.6 is 0 Å². The normalized spacial score (nSPS) is 24.3. The monoisotopic (exact) mass is 426 g/mol. The Balaban J connectivity index is 1.55. The number of nitrogens with one attached hydrogen (secondary N) is 2. The van der Waals surface area contributed by atoms with Gasteiger partial charge in [-0.1, -0.05) is 30.3 Å². The molecule has 4 rings (SSSR count). The first-order valence-electron chi connectivity index (χ1n) is 10.3. The fraction of sp³-hybridized carbons (Fsp3) is 0.429. The lowest BCUT2D eigenvalue weighted by Crippen LogP contribution is -2.42. The number of aromatic nitrogens is 4. The van der Waals surface area contributed by atoms with Gasteiger partial charge in [-0.15, -0.1) is 0 Å². The average molecular weight is 426 g/mol. The van der Waals surface area contributed by atoms with E-state index in [1.165, 1.54) is 22.8 Å². The number of likely N-dealkylation sites (N-methyl/N-ethyl adjacent to an activating group) is 1. The first-order valence-corrected chi connectivity index (χ1v) is 10.3. The maximum atomic E-state index is 12.1. The van der Waals surface area contributed by atoms with Crippen LogP contribution in [0.2, 0.25) is 0 Å². The van der Waals surface area contributed by atoms with Gasteiger partial charge in [0.15, 0.2) is 29.3 Å². The zero-order valence-electron chi connectivity index (χ0n) is 17.3. The minimum atomic E-state index is -1.36. The Morgan fingerprint density at radius 1 is 1.19 bits per heavy atom. The third kappa shape index (κ3) is 4.22. The van der Waals surface area contributed by atoms with Crippen LogP contribution in [0.25, 0.3) is 11.2 Å². The number of aliphatic hydroxyl groups excluding tert-OH is 2. The second kappa shape index (κ2) is 8.96. The van der Waals surface area contributed by atoms with Crippen LogP contribution in [-0.2, 0) is 16.0 Å². The van der Waals surface area contributed by atoms with Crippen LogP contribution in [0.1, 0.15) is 25.6 Å². The number of hydrogen-bond acceptors (Lipinski definition) is 8. The van der Waals surface area contributed by atoms with Crippen LogP contribution in [-0.4, -0.2) is 66.5 Å². The highest BCUT2D eigenvalue weighted by molar-refractivity contribution is 5.83. The van der Waals surface area contributed by atoms with Crippen LogP contribution in [0, 0.1) is 0 Å². The molecule has 31 heavy (non-hydrogen) atoms. The van der Waals surface area contributed by atoms with Crippen molar-refractivity contribution in [3.05, 3.63) is 48.5 Å². The molecule has 3 heterocycles. The van der Waals surface area contributed by atoms with Crippen LogP contribution in [0.3, 0.4) is 0 Å². The van der Waals surface area contributed by atoms with Crippen LogP contribution in [0.5, 0.6) is 0 Å². The van der Waals surface area contributed by atoms with Crippen LogP contribution in [0.15, 0.2) is 43.0 Å². The molecule has 1 aromatic carbocycles. The van der Waals surface area contributed by atoms with Gasteiger partial charge in [-0.05, 0) is 25.8 Å². The van der Waals surface area contributed by atoms with Gasteiger partial charge in [0.1, 0.15) is 18.5 Å². The van der Waals surface area contributed by atoms with Crippen molar-refractivity contribution >= 4 is 22.9 Å². The second-order valence-corrected chi connectivity index (χ2v) is 7.60. The highest BCUT2D eigenvalue weighted by Crippen LogP contribution is 2.32. The number of imidazole rings is 1. The zero-order chi connectivity index (χ0) is 22.0. The third-order valence-electron chi connectivity index (χ3n) is 5.25. The minimum absolute atomic E-state index is 0.0860. The molecule has 0 radical (unpaired) electrons. The number of amides is 1. The minimum Gasteiger partial charge on any atom is -0.387 e. The molecule has 5 unspecified atom stereocenters. The summed E-state index contributed by atoms with van der Waals surface area (Å²) in [5, 5.41) is 26.7. The molecule has 1 aliphatic heterocycles. The van der Waals surface area contributed by atoms with E-state index in [0.717, 1.165) is 6.42 Å². The average Bonchev–Trinajstić information content (AvgIpc) is 3.31. The van der Waals surface area contributed by atoms with Gasteiger partial charge in [-0.3, -0.25) is 9.36 Å². The molecule has 0 aliphatic carbocycles. The molecule has 0 bridgehead atoms. The highest BCUT2D eigenvalue weighted by Gasteiger charge is 2.47. The number of carbonyl (C=O) groups excluding carboxylic acids is 1. The summed E-state index contributed by atoms with van der Waals surface area (Å²) in [5.74, 6) is 0.0770. The smallest absolute Gasteiger partial charge is 0.252 e. The van der Waals surface area contributed by atoms with E-state index in [0.29, 0.717) is 23.5 Å². The van der Waals surface area contributed by atoms with Gasteiger partial charge in [0.05, 0.1) is 6.33 Å². The molecule has 2 aromatic heterocycles. The summed E-state index contributed by atoms with van der Waals surface area (Å²) in [7, 11) is 0. The Hall–Kier alpha value is -3.08. The maximum Gasteiger partial charge on any atom is 0.252 e. The number of hydrogen-bond donors (Lipinski definition) is 4. The number of fused-ring (bicyclic) bond motifs is 1. The molecule has 164 valence electrons. The summed E-state index contributed by atoms with van der Waals surface area (Å²) in [6.07, 6.45) is -1.19. The van der Waals surface area contributed by atoms with Crippen LogP contribution < -0.4 is 10.6 Å². The number of carbonyl (C=O) groups is 1. The molecule has 3 aromatic rings. The SMILES string of the molecule is CCNC(=O)C1OC(n2cnc3c(NC(C)Cc4ccccc4)ncnc32)C(O)C1O. The number of anilines is 1. The van der Waals surface area contributed by atoms with Gasteiger partial charge in [0, 0.05) is 12.6 Å². The highest BCUT2D eigenvalue weighted by atomic mass is 16.6. The lowest BCUT2D eigenvalue weighted by Gasteiger charge is -2.17. The standard InChI is InChI=1S/C21H26N6O4/c1-3-22-20(30)17-15(28)16(29)21(31-17)27-11-25-14-18(23-10-24-19(14)27)26-12(2)9-13-7-5-4-6-8-13/h4-8,10-12,15-17,21,28-29H,3,9H2,1-2H3,(H,22,30)(H,23,24,26). The molecule has 5 atom stereocenters. The molecule has 0 spiro atoms. The van der Waals surface area contributed by atoms with Crippen molar-refractivity contribution in [3.8, 4) is 0 Å². The number of nitrogens with zero attached hydrogens (tertiary/aromatic N) is 4. The third-order valence-corrected chi connectivity index (χ3v) is 5.25. The molecule has 0 saturated carbocycles. The summed E-state index contributed by atoms with van der Waals surface area (Å²) in [6, 6.07) is 10.2. The van der Waals surface area contributed by atoms with E-state index in [2.05, 4.69) is 44.6 Å². The van der Waals surface area contributed by atoms with Crippen molar-refractivity contribution in [3.63, 3.8) is 0 Å². The van der Waals surface area contributed by atoms with Gasteiger partial charge >= 0.3 is 0 Å². The summed E-state index contributed by atoms with van der Waals surface area (Å²) < 4.78 is 7.19. The summed E-state index contributed by atoms with van der Waals surface area (Å²) in [6.45, 7) is 4.21. The molecular formula is C21H26N6O4. The fourth-order valence-corrected chi connectivity index (χ4v) is 3.78. The van der Waals surface area contributed by atoms with E-state index >= 15 is 0 Å². The molecule has 4 N–H and O–H groups in total. The van der Waals surface area contributed by atoms with Crippen LogP contribution in [0.4, 0.5) is 5.82 Å². The Morgan fingerprint density at radius 2 is 1.97 bits per heavy atom. The number of rotatable bonds is 7. The van der Waals surface area contributed by atoms with Gasteiger partial charge in [-0.25, -0.2) is 15.0 Å². The quantitative estimate of drug-likeness (QED) is 0.432. The lowest BCUT2D eigenvalue weighted by atomic mass is 10.1. The second-order valence-electron chi connectivity index (χ2n) is 7.60. The van der Waals surface area contributed by atoms with Gasteiger partial charge in [0.25, 0.3) is 5.91 Å². The van der Waals surface area contributed by atoms with Crippen molar-refractivity contribution in [2.75, 3.05) is 11.9 Å². The number of aliphatic hydroxyl groups is 2. The summed E-state index contributed by atoms with van der Waals surface area (Å²) >= 11 is 0. The Morgan fingerprint density at radius 3 is 2.71 bits per heavy atom. The molecule has 10 nitrogen and oxygen atoms in total. The van der Waals surface area contributed by atoms with E-state index in [1.54, 1.807) is 6.92 Å². The predicted molar refractivity (Wildman–Crippen MR) is 113 cm³/mol. The Kier molecular flexibility index (Phi) is 6.12. The first kappa shape index (κ1) is 21.2. The van der Waals surface area contributed by atoms with Crippen molar-refractivity contribution < 1.29 is 19.7 Å². The molecule has 1 saturated heterocycles. The number of ether oxygens (including phenoxy) is 1. The maximum absolute atomic E-state index is 12.1. The molecule has 10 heteroatoms. The largest absolute Gasteiger partial charge is 0.387 e. The predicted octanol–water partition coefficient (Wildman–Crippen LogP) is 0.625. The molecular weight excluding hydrogens is 400 g/mol. The first-order chi connectivity index (χ1) is 15.0. The van der Waals surface area contributed by atoms with Crippen molar-refractivity contribution in [2.45, 2.75) is 50.8 Å². The zero-order valence-corrected chi connectivity index (χ0v) is 17.3. The van der Waals surface area contributed by atoms with E-state index in [1.807, 2.05) is 18.2 Å².